The number of piperidine rings is 1. The zero-order chi connectivity index (χ0) is 34.3. The molecule has 0 unspecified atom stereocenters. The largest absolute Gasteiger partial charge is 0.448 e. The minimum atomic E-state index is 0.531. The molecule has 5 aliphatic rings. The molecule has 6 heterocycles. The zero-order valence-electron chi connectivity index (χ0n) is 29.2. The smallest absolute Gasteiger partial charge is 0.239 e. The molecule has 2 aromatic heterocycles. The first-order chi connectivity index (χ1) is 25.1. The van der Waals surface area contributed by atoms with Crippen molar-refractivity contribution in [2.75, 3.05) is 28.6 Å². The third kappa shape index (κ3) is 6.09. The standard InChI is InChI=1S/C41H42N8O2/c1-26-15-19-50-38(26)44-34-21-29(28-9-5-3-6-10-28)11-13-32(34)36-23-31-24-37(47-41-43-25-42-40(46-36)49(31)41)33-14-12-30(48-17-7-4-8-18-48)22-35(33)45-39-27(2)16-20-51-39/h11-16,19-25,28,44-45H,3-10,17-18H2,1-2H3. The first-order valence-corrected chi connectivity index (χ1v) is 18.2. The molecule has 4 aliphatic heterocycles. The average Bonchev–Trinajstić information content (AvgIpc) is 3.78. The summed E-state index contributed by atoms with van der Waals surface area (Å²) in [5.74, 6) is 3.08. The van der Waals surface area contributed by atoms with Crippen LogP contribution in [0.2, 0.25) is 0 Å². The number of benzene rings is 2. The van der Waals surface area contributed by atoms with Crippen molar-refractivity contribution in [3.63, 3.8) is 0 Å². The Labute approximate surface area is 298 Å². The maximum absolute atomic E-state index is 5.86. The Morgan fingerprint density at radius 1 is 0.706 bits per heavy atom. The van der Waals surface area contributed by atoms with Crippen LogP contribution in [0.25, 0.3) is 5.70 Å². The van der Waals surface area contributed by atoms with Gasteiger partial charge in [0.25, 0.3) is 0 Å². The summed E-state index contributed by atoms with van der Waals surface area (Å²) in [5.41, 5.74) is 10.9. The van der Waals surface area contributed by atoms with Gasteiger partial charge in [-0.1, -0.05) is 31.4 Å². The van der Waals surface area contributed by atoms with Crippen molar-refractivity contribution in [2.45, 2.75) is 71.1 Å². The van der Waals surface area contributed by atoms with Gasteiger partial charge >= 0.3 is 0 Å². The van der Waals surface area contributed by atoms with Gasteiger partial charge in [0.05, 0.1) is 41.0 Å². The Kier molecular flexibility index (Phi) is 8.14. The van der Waals surface area contributed by atoms with E-state index < -0.39 is 0 Å². The third-order valence-corrected chi connectivity index (χ3v) is 10.6. The third-order valence-electron chi connectivity index (χ3n) is 10.6. The maximum Gasteiger partial charge on any atom is 0.239 e. The summed E-state index contributed by atoms with van der Waals surface area (Å²) in [5, 5.41) is 7.19. The predicted molar refractivity (Wildman–Crippen MR) is 206 cm³/mol. The lowest BCUT2D eigenvalue weighted by molar-refractivity contribution is 0.443. The molecule has 1 aliphatic carbocycles. The van der Waals surface area contributed by atoms with E-state index in [-0.39, 0.29) is 0 Å². The van der Waals surface area contributed by atoms with Gasteiger partial charge in [0, 0.05) is 41.0 Å². The highest BCUT2D eigenvalue weighted by Gasteiger charge is 2.32. The fourth-order valence-corrected chi connectivity index (χ4v) is 7.77. The van der Waals surface area contributed by atoms with Gasteiger partial charge < -0.3 is 24.4 Å². The van der Waals surface area contributed by atoms with E-state index in [1.165, 1.54) is 62.6 Å². The fourth-order valence-electron chi connectivity index (χ4n) is 7.77. The summed E-state index contributed by atoms with van der Waals surface area (Å²) < 4.78 is 11.7. The first kappa shape index (κ1) is 31.3. The average molecular weight is 679 g/mol. The summed E-state index contributed by atoms with van der Waals surface area (Å²) in [6.45, 7) is 6.21. The molecule has 10 nitrogen and oxygen atoms in total. The topological polar surface area (TPSA) is 106 Å². The number of rotatable bonds is 8. The van der Waals surface area contributed by atoms with Gasteiger partial charge in [-0.3, -0.25) is 0 Å². The number of furan rings is 2. The number of aliphatic imine (C=N–C) groups is 4. The van der Waals surface area contributed by atoms with E-state index in [9.17, 15) is 0 Å². The van der Waals surface area contributed by atoms with Crippen LogP contribution < -0.4 is 15.5 Å². The van der Waals surface area contributed by atoms with Crippen molar-refractivity contribution in [2.24, 2.45) is 20.0 Å². The lowest BCUT2D eigenvalue weighted by Crippen LogP contribution is -2.40. The number of hydrogen-bond donors (Lipinski definition) is 2. The van der Waals surface area contributed by atoms with Crippen molar-refractivity contribution in [1.82, 2.24) is 4.90 Å². The molecule has 0 spiro atoms. The Bertz CT molecular complexity index is 2060. The highest BCUT2D eigenvalue weighted by atomic mass is 16.3. The highest BCUT2D eigenvalue weighted by molar-refractivity contribution is 6.24. The fraction of sp³-hybridized carbons (Fsp3) is 0.317. The summed E-state index contributed by atoms with van der Waals surface area (Å²) >= 11 is 0. The van der Waals surface area contributed by atoms with E-state index in [4.69, 9.17) is 18.8 Å². The Morgan fingerprint density at radius 3 is 2.14 bits per heavy atom. The van der Waals surface area contributed by atoms with Gasteiger partial charge in [0.2, 0.25) is 11.9 Å². The quantitative estimate of drug-likeness (QED) is 0.192. The van der Waals surface area contributed by atoms with Crippen LogP contribution in [0, 0.1) is 13.8 Å². The highest BCUT2D eigenvalue weighted by Crippen LogP contribution is 2.39. The summed E-state index contributed by atoms with van der Waals surface area (Å²) in [7, 11) is 0. The summed E-state index contributed by atoms with van der Waals surface area (Å²) in [6, 6.07) is 17.3. The molecule has 4 aromatic rings. The van der Waals surface area contributed by atoms with Crippen LogP contribution in [0.3, 0.4) is 0 Å². The normalized spacial score (nSPS) is 18.7. The van der Waals surface area contributed by atoms with E-state index in [0.717, 1.165) is 75.6 Å². The SMILES string of the molecule is Cc1ccoc1Nc1cc(N2CCCCC2)ccc1C1=CC2=CC(c3ccc(C4CCCCC4)cc3Nc3occc3C)=NC3=NC=NC(=N1)N23. The second-order valence-corrected chi connectivity index (χ2v) is 14.0. The van der Waals surface area contributed by atoms with Crippen molar-refractivity contribution in [3.8, 4) is 0 Å². The monoisotopic (exact) mass is 678 g/mol. The maximum atomic E-state index is 5.86. The van der Waals surface area contributed by atoms with Crippen LogP contribution in [-0.4, -0.2) is 42.0 Å². The molecule has 1 saturated carbocycles. The predicted octanol–water partition coefficient (Wildman–Crippen LogP) is 9.81. The molecule has 0 bridgehead atoms. The number of guanidine groups is 2. The summed E-state index contributed by atoms with van der Waals surface area (Å²) in [6.07, 6.45) is 19.2. The molecule has 51 heavy (non-hydrogen) atoms. The van der Waals surface area contributed by atoms with E-state index in [0.29, 0.717) is 17.8 Å². The number of allylic oxidation sites excluding steroid dienone is 2. The minimum Gasteiger partial charge on any atom is -0.448 e. The van der Waals surface area contributed by atoms with Gasteiger partial charge in [-0.2, -0.15) is 0 Å². The van der Waals surface area contributed by atoms with E-state index in [1.54, 1.807) is 18.9 Å². The van der Waals surface area contributed by atoms with Crippen LogP contribution in [0.15, 0.2) is 108 Å². The molecular formula is C41H42N8O2. The molecular weight excluding hydrogens is 637 g/mol. The Balaban J connectivity index is 1.13. The van der Waals surface area contributed by atoms with Crippen LogP contribution >= 0.6 is 0 Å². The molecule has 10 heteroatoms. The lowest BCUT2D eigenvalue weighted by Gasteiger charge is -2.32. The molecule has 2 N–H and O–H groups in total. The number of anilines is 5. The molecule has 2 fully saturated rings. The first-order valence-electron chi connectivity index (χ1n) is 18.2. The lowest BCUT2D eigenvalue weighted by atomic mass is 9.83. The summed E-state index contributed by atoms with van der Waals surface area (Å²) in [4.78, 5) is 23.7. The number of aryl methyl sites for hydroxylation is 2. The minimum absolute atomic E-state index is 0.531. The van der Waals surface area contributed by atoms with Gasteiger partial charge in [-0.15, -0.1) is 0 Å². The van der Waals surface area contributed by atoms with E-state index in [1.807, 2.05) is 24.0 Å². The molecule has 258 valence electrons. The van der Waals surface area contributed by atoms with Crippen molar-refractivity contribution >= 4 is 58.5 Å². The Morgan fingerprint density at radius 2 is 1.41 bits per heavy atom. The van der Waals surface area contributed by atoms with Gasteiger partial charge in [-0.05, 0) is 106 Å². The molecule has 0 radical (unpaired) electrons. The molecule has 1 saturated heterocycles. The molecule has 2 aromatic carbocycles. The number of hydrogen-bond acceptors (Lipinski definition) is 10. The van der Waals surface area contributed by atoms with Crippen molar-refractivity contribution in [1.29, 1.82) is 0 Å². The Hall–Kier alpha value is -5.64. The zero-order valence-corrected chi connectivity index (χ0v) is 29.2. The van der Waals surface area contributed by atoms with Crippen LogP contribution in [0.4, 0.5) is 28.8 Å². The number of nitrogens with one attached hydrogen (secondary N) is 2. The molecule has 9 rings (SSSR count). The van der Waals surface area contributed by atoms with Gasteiger partial charge in [0.1, 0.15) is 6.34 Å². The van der Waals surface area contributed by atoms with E-state index in [2.05, 4.69) is 81.0 Å². The van der Waals surface area contributed by atoms with Crippen molar-refractivity contribution < 1.29 is 8.83 Å². The van der Waals surface area contributed by atoms with Crippen LogP contribution in [-0.2, 0) is 0 Å². The van der Waals surface area contributed by atoms with Crippen LogP contribution in [0.5, 0.6) is 0 Å². The second kappa shape index (κ2) is 13.2. The van der Waals surface area contributed by atoms with Gasteiger partial charge in [-0.25, -0.2) is 24.9 Å². The molecule has 0 amide bonds. The number of nitrogens with zero attached hydrogens (tertiary/aromatic N) is 6. The van der Waals surface area contributed by atoms with E-state index >= 15 is 0 Å². The van der Waals surface area contributed by atoms with Gasteiger partial charge in [0.15, 0.2) is 11.8 Å². The molecule has 0 atom stereocenters. The van der Waals surface area contributed by atoms with Crippen molar-refractivity contribution in [3.05, 3.63) is 107 Å². The van der Waals surface area contributed by atoms with Crippen LogP contribution in [0.1, 0.15) is 85.1 Å². The second-order valence-electron chi connectivity index (χ2n) is 14.0.